The summed E-state index contributed by atoms with van der Waals surface area (Å²) in [6.07, 6.45) is 4.96. The third-order valence-corrected chi connectivity index (χ3v) is 3.29. The van der Waals surface area contributed by atoms with Gasteiger partial charge in [-0.3, -0.25) is 0 Å². The Kier molecular flexibility index (Phi) is 2.45. The summed E-state index contributed by atoms with van der Waals surface area (Å²) in [5.41, 5.74) is 3.11. The number of hydrogen-bond acceptors (Lipinski definition) is 5. The molecule has 0 aliphatic heterocycles. The quantitative estimate of drug-likeness (QED) is 0.750. The first-order chi connectivity index (χ1) is 8.31. The van der Waals surface area contributed by atoms with Gasteiger partial charge in [0.2, 0.25) is 0 Å². The van der Waals surface area contributed by atoms with Crippen LogP contribution >= 0.6 is 11.3 Å². The van der Waals surface area contributed by atoms with Gasteiger partial charge in [0.1, 0.15) is 6.33 Å². The minimum atomic E-state index is 0.850. The Hall–Kier alpha value is -2.01. The average molecular weight is 242 g/mol. The number of aromatic nitrogens is 3. The van der Waals surface area contributed by atoms with Gasteiger partial charge in [0, 0.05) is 0 Å². The standard InChI is InChI=1S/C12H10N4S/c1-8-2-3-10-11(4-8)17-12(16-10)15-9-5-13-7-14-6-9/h2-7H,1H3,(H,15,16). The van der Waals surface area contributed by atoms with Crippen molar-refractivity contribution in [1.82, 2.24) is 15.0 Å². The van der Waals surface area contributed by atoms with Crippen molar-refractivity contribution in [2.75, 3.05) is 5.32 Å². The molecule has 0 fully saturated rings. The van der Waals surface area contributed by atoms with Gasteiger partial charge >= 0.3 is 0 Å². The van der Waals surface area contributed by atoms with E-state index < -0.39 is 0 Å². The average Bonchev–Trinajstić information content (AvgIpc) is 2.71. The van der Waals surface area contributed by atoms with E-state index in [-0.39, 0.29) is 0 Å². The number of thiazole rings is 1. The van der Waals surface area contributed by atoms with E-state index in [4.69, 9.17) is 0 Å². The molecule has 2 aromatic heterocycles. The maximum absolute atomic E-state index is 4.50. The molecule has 1 aromatic carbocycles. The molecule has 84 valence electrons. The van der Waals surface area contributed by atoms with E-state index in [0.29, 0.717) is 0 Å². The topological polar surface area (TPSA) is 50.7 Å². The fourth-order valence-corrected chi connectivity index (χ4v) is 2.56. The summed E-state index contributed by atoms with van der Waals surface area (Å²) in [5.74, 6) is 0. The number of nitrogens with zero attached hydrogens (tertiary/aromatic N) is 3. The van der Waals surface area contributed by atoms with Crippen LogP contribution in [0.3, 0.4) is 0 Å². The molecule has 0 radical (unpaired) electrons. The molecule has 0 aliphatic rings. The Morgan fingerprint density at radius 2 is 2.00 bits per heavy atom. The normalized spacial score (nSPS) is 10.6. The zero-order valence-corrected chi connectivity index (χ0v) is 10.0. The first-order valence-corrected chi connectivity index (χ1v) is 6.02. The summed E-state index contributed by atoms with van der Waals surface area (Å²) in [4.78, 5) is 12.4. The zero-order valence-electron chi connectivity index (χ0n) is 9.21. The summed E-state index contributed by atoms with van der Waals surface area (Å²) in [5, 5.41) is 4.06. The Labute approximate surface area is 102 Å². The van der Waals surface area contributed by atoms with E-state index >= 15 is 0 Å². The molecule has 0 saturated heterocycles. The van der Waals surface area contributed by atoms with Gasteiger partial charge in [0.15, 0.2) is 5.13 Å². The molecule has 17 heavy (non-hydrogen) atoms. The van der Waals surface area contributed by atoms with Gasteiger partial charge in [-0.1, -0.05) is 17.4 Å². The number of nitrogens with one attached hydrogen (secondary N) is 1. The van der Waals surface area contributed by atoms with Gasteiger partial charge in [-0.05, 0) is 24.6 Å². The lowest BCUT2D eigenvalue weighted by molar-refractivity contribution is 1.17. The molecular formula is C12H10N4S. The maximum Gasteiger partial charge on any atom is 0.188 e. The molecule has 5 heteroatoms. The van der Waals surface area contributed by atoms with Crippen LogP contribution in [0.1, 0.15) is 5.56 Å². The van der Waals surface area contributed by atoms with Crippen LogP contribution in [0.15, 0.2) is 36.9 Å². The van der Waals surface area contributed by atoms with E-state index in [1.807, 2.05) is 6.07 Å². The molecular weight excluding hydrogens is 232 g/mol. The smallest absolute Gasteiger partial charge is 0.188 e. The van der Waals surface area contributed by atoms with Crippen molar-refractivity contribution in [3.8, 4) is 0 Å². The highest BCUT2D eigenvalue weighted by Crippen LogP contribution is 2.28. The highest BCUT2D eigenvalue weighted by molar-refractivity contribution is 7.22. The van der Waals surface area contributed by atoms with E-state index in [1.165, 1.54) is 16.6 Å². The molecule has 3 rings (SSSR count). The molecule has 0 amide bonds. The second kappa shape index (κ2) is 4.10. The Morgan fingerprint density at radius 3 is 2.82 bits per heavy atom. The van der Waals surface area contributed by atoms with Crippen molar-refractivity contribution in [2.24, 2.45) is 0 Å². The summed E-state index contributed by atoms with van der Waals surface area (Å²) < 4.78 is 1.18. The molecule has 0 bridgehead atoms. The van der Waals surface area contributed by atoms with Crippen molar-refractivity contribution >= 4 is 32.4 Å². The summed E-state index contributed by atoms with van der Waals surface area (Å²) in [6.45, 7) is 2.08. The van der Waals surface area contributed by atoms with Crippen molar-refractivity contribution in [3.63, 3.8) is 0 Å². The first kappa shape index (κ1) is 10.2. The van der Waals surface area contributed by atoms with E-state index in [1.54, 1.807) is 23.7 Å². The van der Waals surface area contributed by atoms with Crippen molar-refractivity contribution in [3.05, 3.63) is 42.5 Å². The second-order valence-corrected chi connectivity index (χ2v) is 4.77. The van der Waals surface area contributed by atoms with Crippen LogP contribution in [0.5, 0.6) is 0 Å². The van der Waals surface area contributed by atoms with Crippen LogP contribution in [0, 0.1) is 6.92 Å². The number of anilines is 2. The molecule has 0 unspecified atom stereocenters. The van der Waals surface area contributed by atoms with Gasteiger partial charge in [0.25, 0.3) is 0 Å². The maximum atomic E-state index is 4.50. The fourth-order valence-electron chi connectivity index (χ4n) is 1.57. The van der Waals surface area contributed by atoms with Crippen LogP contribution in [-0.4, -0.2) is 15.0 Å². The molecule has 0 spiro atoms. The number of fused-ring (bicyclic) bond motifs is 1. The van der Waals surface area contributed by atoms with Gasteiger partial charge < -0.3 is 5.32 Å². The van der Waals surface area contributed by atoms with Crippen molar-refractivity contribution in [1.29, 1.82) is 0 Å². The SMILES string of the molecule is Cc1ccc2nc(Nc3cncnc3)sc2c1. The minimum absolute atomic E-state index is 0.850. The van der Waals surface area contributed by atoms with Gasteiger partial charge in [-0.2, -0.15) is 0 Å². The van der Waals surface area contributed by atoms with E-state index in [0.717, 1.165) is 16.3 Å². The highest BCUT2D eigenvalue weighted by Gasteiger charge is 2.04. The van der Waals surface area contributed by atoms with Crippen LogP contribution < -0.4 is 5.32 Å². The molecule has 4 nitrogen and oxygen atoms in total. The van der Waals surface area contributed by atoms with E-state index in [2.05, 4.69) is 39.3 Å². The summed E-state index contributed by atoms with van der Waals surface area (Å²) in [6, 6.07) is 6.24. The van der Waals surface area contributed by atoms with Crippen LogP contribution in [0.4, 0.5) is 10.8 Å². The molecule has 3 aromatic rings. The fraction of sp³-hybridized carbons (Fsp3) is 0.0833. The highest BCUT2D eigenvalue weighted by atomic mass is 32.1. The number of rotatable bonds is 2. The molecule has 1 N–H and O–H groups in total. The predicted octanol–water partition coefficient (Wildman–Crippen LogP) is 3.14. The van der Waals surface area contributed by atoms with Crippen molar-refractivity contribution in [2.45, 2.75) is 6.92 Å². The lowest BCUT2D eigenvalue weighted by Gasteiger charge is -1.98. The third kappa shape index (κ3) is 2.09. The number of hydrogen-bond donors (Lipinski definition) is 1. The number of aryl methyl sites for hydroxylation is 1. The predicted molar refractivity (Wildman–Crippen MR) is 69.7 cm³/mol. The lowest BCUT2D eigenvalue weighted by atomic mass is 10.2. The lowest BCUT2D eigenvalue weighted by Crippen LogP contribution is -1.90. The summed E-state index contributed by atoms with van der Waals surface area (Å²) >= 11 is 1.63. The second-order valence-electron chi connectivity index (χ2n) is 3.74. The Morgan fingerprint density at radius 1 is 1.18 bits per heavy atom. The Balaban J connectivity index is 1.96. The van der Waals surface area contributed by atoms with Crippen LogP contribution in [0.2, 0.25) is 0 Å². The largest absolute Gasteiger partial charge is 0.329 e. The van der Waals surface area contributed by atoms with E-state index in [9.17, 15) is 0 Å². The monoisotopic (exact) mass is 242 g/mol. The summed E-state index contributed by atoms with van der Waals surface area (Å²) in [7, 11) is 0. The van der Waals surface area contributed by atoms with Crippen molar-refractivity contribution < 1.29 is 0 Å². The van der Waals surface area contributed by atoms with Gasteiger partial charge in [-0.15, -0.1) is 0 Å². The minimum Gasteiger partial charge on any atom is -0.329 e. The third-order valence-electron chi connectivity index (χ3n) is 2.36. The zero-order chi connectivity index (χ0) is 11.7. The Bertz CT molecular complexity index is 648. The molecule has 0 saturated carbocycles. The van der Waals surface area contributed by atoms with Gasteiger partial charge in [-0.25, -0.2) is 15.0 Å². The number of benzene rings is 1. The van der Waals surface area contributed by atoms with Crippen LogP contribution in [0.25, 0.3) is 10.2 Å². The van der Waals surface area contributed by atoms with Crippen LogP contribution in [-0.2, 0) is 0 Å². The van der Waals surface area contributed by atoms with Gasteiger partial charge in [0.05, 0.1) is 28.3 Å². The molecule has 0 aliphatic carbocycles. The molecule has 2 heterocycles. The molecule has 0 atom stereocenters. The first-order valence-electron chi connectivity index (χ1n) is 5.20.